The van der Waals surface area contributed by atoms with Crippen molar-refractivity contribution in [1.29, 1.82) is 0 Å². The Morgan fingerprint density at radius 2 is 0.870 bits per heavy atom. The minimum atomic E-state index is -0.292. The molecule has 69 heavy (non-hydrogen) atoms. The number of hydrogen-bond acceptors (Lipinski definition) is 3. The minimum absolute atomic E-state index is 0.166. The fraction of sp³-hybridized carbons (Fsp3) is 0.182. The Balaban J connectivity index is 0.928. The molecule has 3 aliphatic carbocycles. The van der Waals surface area contributed by atoms with Gasteiger partial charge in [-0.1, -0.05) is 132 Å². The average molecular weight is 892 g/mol. The van der Waals surface area contributed by atoms with Crippen molar-refractivity contribution in [3.8, 4) is 44.5 Å². The monoisotopic (exact) mass is 891 g/mol. The fourth-order valence-electron chi connectivity index (χ4n) is 13.4. The molecule has 0 unspecified atom stereocenters. The molecule has 9 aromatic carbocycles. The second-order valence-electron chi connectivity index (χ2n) is 21.8. The van der Waals surface area contributed by atoms with Gasteiger partial charge in [-0.15, -0.1) is 0 Å². The van der Waals surface area contributed by atoms with Crippen LogP contribution >= 0.6 is 0 Å². The highest BCUT2D eigenvalue weighted by Crippen LogP contribution is 2.60. The number of rotatable bonds is 4. The predicted octanol–water partition coefficient (Wildman–Crippen LogP) is 18.5. The maximum Gasteiger partial charge on any atom is 0.143 e. The van der Waals surface area contributed by atoms with Gasteiger partial charge in [0.2, 0.25) is 0 Å². The van der Waals surface area contributed by atoms with Crippen LogP contribution in [-0.2, 0) is 16.2 Å². The molecule has 0 fully saturated rings. The molecule has 14 rings (SSSR count). The zero-order chi connectivity index (χ0) is 47.0. The van der Waals surface area contributed by atoms with Crippen molar-refractivity contribution < 1.29 is 8.83 Å². The molecule has 0 saturated heterocycles. The van der Waals surface area contributed by atoms with Crippen LogP contribution in [0.5, 0.6) is 0 Å². The third kappa shape index (κ3) is 5.28. The van der Waals surface area contributed by atoms with Gasteiger partial charge in [0.05, 0.1) is 0 Å². The van der Waals surface area contributed by atoms with E-state index in [1.165, 1.54) is 111 Å². The zero-order valence-corrected chi connectivity index (χ0v) is 40.8. The molecule has 0 spiro atoms. The minimum Gasteiger partial charge on any atom is -0.456 e. The molecular weight excluding hydrogens is 839 g/mol. The van der Waals surface area contributed by atoms with Crippen molar-refractivity contribution in [1.82, 2.24) is 0 Å². The van der Waals surface area contributed by atoms with E-state index in [-0.39, 0.29) is 16.2 Å². The molecule has 0 atom stereocenters. The van der Waals surface area contributed by atoms with Gasteiger partial charge in [0.25, 0.3) is 0 Å². The number of fused-ring (bicyclic) bond motifs is 17. The Labute approximate surface area is 403 Å². The van der Waals surface area contributed by atoms with E-state index >= 15 is 0 Å². The summed E-state index contributed by atoms with van der Waals surface area (Å²) in [6.45, 7) is 21.1. The number of nitrogens with zero attached hydrogens (tertiary/aromatic N) is 1. The summed E-state index contributed by atoms with van der Waals surface area (Å²) in [6.07, 6.45) is 0. The third-order valence-corrected chi connectivity index (χ3v) is 16.7. The Morgan fingerprint density at radius 3 is 1.58 bits per heavy atom. The summed E-state index contributed by atoms with van der Waals surface area (Å²) in [7, 11) is 0. The first-order valence-electron chi connectivity index (χ1n) is 24.6. The summed E-state index contributed by atoms with van der Waals surface area (Å²) in [5, 5.41) is 4.78. The van der Waals surface area contributed by atoms with Crippen LogP contribution in [0.25, 0.3) is 88.4 Å². The maximum atomic E-state index is 6.91. The summed E-state index contributed by atoms with van der Waals surface area (Å²) in [5.41, 5.74) is 28.7. The van der Waals surface area contributed by atoms with Gasteiger partial charge in [-0.05, 0) is 177 Å². The number of anilines is 3. The van der Waals surface area contributed by atoms with E-state index in [1.807, 2.05) is 0 Å². The molecule has 3 aliphatic rings. The zero-order valence-electron chi connectivity index (χ0n) is 40.8. The highest BCUT2D eigenvalue weighted by Gasteiger charge is 2.44. The van der Waals surface area contributed by atoms with E-state index in [0.717, 1.165) is 44.8 Å². The van der Waals surface area contributed by atoms with Gasteiger partial charge < -0.3 is 13.7 Å². The summed E-state index contributed by atoms with van der Waals surface area (Å²) < 4.78 is 13.4. The van der Waals surface area contributed by atoms with E-state index in [9.17, 15) is 0 Å². The van der Waals surface area contributed by atoms with Crippen LogP contribution in [0.4, 0.5) is 17.1 Å². The average Bonchev–Trinajstić information content (AvgIpc) is 4.08. The van der Waals surface area contributed by atoms with E-state index < -0.39 is 0 Å². The highest BCUT2D eigenvalue weighted by atomic mass is 16.3. The van der Waals surface area contributed by atoms with Gasteiger partial charge in [-0.25, -0.2) is 0 Å². The standard InChI is InChI=1S/C66H53NO2/c1-36-29-37(2)58(38(3)30-36)48-35-54-59(62-45-20-14-16-22-56(45)69-63(48)62)43-26-24-41(32-51(43)66(54,8)9)67(39-17-11-10-12-18-39)40-23-25-42-46-33-53-47(34-52(46)65(6,7)50(42)31-40)60-49(64(53,4)5)27-28-57-61(60)44-19-13-15-21-55(44)68-57/h10-35H,1-9H3. The maximum absolute atomic E-state index is 6.91. The van der Waals surface area contributed by atoms with Gasteiger partial charge in [-0.3, -0.25) is 0 Å². The molecular formula is C66H53NO2. The molecule has 0 bridgehead atoms. The summed E-state index contributed by atoms with van der Waals surface area (Å²) in [6, 6.07) is 59.0. The van der Waals surface area contributed by atoms with Crippen LogP contribution in [0.15, 0.2) is 167 Å². The molecule has 0 radical (unpaired) electrons. The lowest BCUT2D eigenvalue weighted by molar-refractivity contribution is 0.651. The smallest absolute Gasteiger partial charge is 0.143 e. The molecule has 0 aliphatic heterocycles. The molecule has 0 saturated carbocycles. The normalized spacial score (nSPS) is 15.4. The number of benzene rings is 9. The number of furan rings is 2. The molecule has 11 aromatic rings. The van der Waals surface area contributed by atoms with Crippen LogP contribution < -0.4 is 4.90 Å². The van der Waals surface area contributed by atoms with Gasteiger partial charge in [0.15, 0.2) is 0 Å². The number of aryl methyl sites for hydroxylation is 3. The van der Waals surface area contributed by atoms with Crippen LogP contribution in [0.1, 0.15) is 91.6 Å². The molecule has 3 nitrogen and oxygen atoms in total. The van der Waals surface area contributed by atoms with E-state index in [1.54, 1.807) is 0 Å². The first-order chi connectivity index (χ1) is 33.2. The van der Waals surface area contributed by atoms with E-state index in [2.05, 4.69) is 225 Å². The molecule has 2 aromatic heterocycles. The summed E-state index contributed by atoms with van der Waals surface area (Å²) in [5.74, 6) is 0. The SMILES string of the molecule is Cc1cc(C)c(-c2cc3c(c4c2oc2ccccc24)-c2ccc(N(c4ccccc4)c4ccc5c(c4)C(C)(C)c4cc6c(cc4-5)C(C)(C)c4ccc5oc7ccccc7c5c4-6)cc2C3(C)C)c(C)c1. The van der Waals surface area contributed by atoms with E-state index in [4.69, 9.17) is 8.83 Å². The van der Waals surface area contributed by atoms with Crippen molar-refractivity contribution in [2.45, 2.75) is 78.6 Å². The van der Waals surface area contributed by atoms with Gasteiger partial charge in [0, 0.05) is 60.4 Å². The lowest BCUT2D eigenvalue weighted by Crippen LogP contribution is -2.18. The van der Waals surface area contributed by atoms with Crippen molar-refractivity contribution in [2.75, 3.05) is 4.90 Å². The second-order valence-corrected chi connectivity index (χ2v) is 21.8. The van der Waals surface area contributed by atoms with Crippen LogP contribution in [0, 0.1) is 20.8 Å². The molecule has 2 heterocycles. The first-order valence-corrected chi connectivity index (χ1v) is 24.6. The quantitative estimate of drug-likeness (QED) is 0.176. The van der Waals surface area contributed by atoms with Crippen molar-refractivity contribution in [2.24, 2.45) is 0 Å². The Morgan fingerprint density at radius 1 is 0.348 bits per heavy atom. The van der Waals surface area contributed by atoms with Gasteiger partial charge >= 0.3 is 0 Å². The molecule has 0 N–H and O–H groups in total. The molecule has 0 amide bonds. The lowest BCUT2D eigenvalue weighted by atomic mass is 9.79. The predicted molar refractivity (Wildman–Crippen MR) is 288 cm³/mol. The Kier molecular flexibility index (Phi) is 7.94. The Bertz CT molecular complexity index is 4050. The van der Waals surface area contributed by atoms with Crippen LogP contribution in [0.2, 0.25) is 0 Å². The first kappa shape index (κ1) is 40.4. The highest BCUT2D eigenvalue weighted by molar-refractivity contribution is 6.19. The van der Waals surface area contributed by atoms with E-state index in [0.29, 0.717) is 0 Å². The number of para-hydroxylation sites is 3. The van der Waals surface area contributed by atoms with Crippen LogP contribution in [-0.4, -0.2) is 0 Å². The van der Waals surface area contributed by atoms with Gasteiger partial charge in [0.1, 0.15) is 22.3 Å². The second kappa shape index (κ2) is 13.5. The largest absolute Gasteiger partial charge is 0.456 e. The summed E-state index contributed by atoms with van der Waals surface area (Å²) in [4.78, 5) is 2.46. The van der Waals surface area contributed by atoms with Crippen molar-refractivity contribution >= 4 is 60.9 Å². The Hall–Kier alpha value is -7.62. The summed E-state index contributed by atoms with van der Waals surface area (Å²) >= 11 is 0. The lowest BCUT2D eigenvalue weighted by Gasteiger charge is -2.29. The van der Waals surface area contributed by atoms with Crippen LogP contribution in [0.3, 0.4) is 0 Å². The topological polar surface area (TPSA) is 29.5 Å². The molecule has 334 valence electrons. The molecule has 3 heteroatoms. The number of hydrogen-bond donors (Lipinski definition) is 0. The van der Waals surface area contributed by atoms with Crippen molar-refractivity contribution in [3.63, 3.8) is 0 Å². The van der Waals surface area contributed by atoms with Crippen molar-refractivity contribution in [3.05, 3.63) is 208 Å². The third-order valence-electron chi connectivity index (χ3n) is 16.7. The fourth-order valence-corrected chi connectivity index (χ4v) is 13.4. The van der Waals surface area contributed by atoms with Gasteiger partial charge in [-0.2, -0.15) is 0 Å².